The second-order valence-electron chi connectivity index (χ2n) is 12.0. The molecule has 1 aliphatic heterocycles. The molecule has 0 saturated carbocycles. The van der Waals surface area contributed by atoms with Gasteiger partial charge in [-0.3, -0.25) is 14.5 Å². The van der Waals surface area contributed by atoms with Gasteiger partial charge in [-0.1, -0.05) is 44.7 Å². The molecule has 4 rings (SSSR count). The van der Waals surface area contributed by atoms with Crippen LogP contribution in [0, 0.1) is 36.4 Å². The van der Waals surface area contributed by atoms with Crippen molar-refractivity contribution in [2.75, 3.05) is 23.0 Å². The first kappa shape index (κ1) is 41.2. The Hall–Kier alpha value is -5.22. The number of amidine groups is 1. The zero-order valence-corrected chi connectivity index (χ0v) is 31.2. The van der Waals surface area contributed by atoms with Crippen LogP contribution in [0.1, 0.15) is 85.1 Å². The number of amides is 4. The molecule has 13 heteroatoms. The van der Waals surface area contributed by atoms with Gasteiger partial charge in [0.15, 0.2) is 5.17 Å². The molecule has 0 aromatic heterocycles. The predicted octanol–water partition coefficient (Wildman–Crippen LogP) is 9.42. The lowest BCUT2D eigenvalue weighted by molar-refractivity contribution is -0.115. The van der Waals surface area contributed by atoms with Crippen LogP contribution in [0.3, 0.4) is 0 Å². The number of carbonyl (C=O) groups excluding carboxylic acids is 3. The van der Waals surface area contributed by atoms with Crippen molar-refractivity contribution in [3.05, 3.63) is 106 Å². The van der Waals surface area contributed by atoms with Gasteiger partial charge in [0.1, 0.15) is 5.82 Å². The van der Waals surface area contributed by atoms with E-state index in [-0.39, 0.29) is 52.5 Å². The van der Waals surface area contributed by atoms with Crippen molar-refractivity contribution in [1.82, 2.24) is 4.90 Å². The van der Waals surface area contributed by atoms with Gasteiger partial charge < -0.3 is 15.6 Å². The first-order chi connectivity index (χ1) is 24.6. The molecule has 3 aromatic carbocycles. The number of alkyl halides is 2. The highest BCUT2D eigenvalue weighted by Crippen LogP contribution is 2.34. The van der Waals surface area contributed by atoms with Gasteiger partial charge in [-0.15, -0.1) is 0 Å². The first-order valence-corrected chi connectivity index (χ1v) is 17.8. The number of rotatable bonds is 11. The average molecular weight is 733 g/mol. The second-order valence-corrected chi connectivity index (χ2v) is 12.9. The summed E-state index contributed by atoms with van der Waals surface area (Å²) in [4.78, 5) is 45.7. The Morgan fingerprint density at radius 1 is 1.10 bits per heavy atom. The van der Waals surface area contributed by atoms with Gasteiger partial charge in [0.05, 0.1) is 34.5 Å². The van der Waals surface area contributed by atoms with Crippen molar-refractivity contribution < 1.29 is 27.6 Å². The summed E-state index contributed by atoms with van der Waals surface area (Å²) in [6.45, 7) is 10.4. The topological polar surface area (TPSA) is 130 Å². The number of hydrogen-bond acceptors (Lipinski definition) is 6. The lowest BCUT2D eigenvalue weighted by Crippen LogP contribution is -2.31. The van der Waals surface area contributed by atoms with Gasteiger partial charge >= 0.3 is 6.03 Å². The van der Waals surface area contributed by atoms with Gasteiger partial charge in [0, 0.05) is 30.3 Å². The summed E-state index contributed by atoms with van der Waals surface area (Å²) >= 11 is 1.04. The van der Waals surface area contributed by atoms with Crippen LogP contribution in [-0.4, -0.2) is 52.3 Å². The highest BCUT2D eigenvalue weighted by molar-refractivity contribution is 8.15. The summed E-state index contributed by atoms with van der Waals surface area (Å²) in [5, 5.41) is 20.0. The second kappa shape index (κ2) is 18.3. The Bertz CT molecular complexity index is 1930. The number of anilines is 2. The zero-order valence-electron chi connectivity index (χ0n) is 30.4. The third-order valence-corrected chi connectivity index (χ3v) is 9.08. The SMILES string of the molecule is CC.CC/C(=C\C(=N)c1ccc(NC(=O)/N=C2\SCC(=O)N2c2cc(C)c(C)cc2CCCC(C)(F)F)c(F)c1)N(C)C(=O)c1ccc(C#N)cc1. The van der Waals surface area contributed by atoms with E-state index in [4.69, 9.17) is 10.7 Å². The maximum Gasteiger partial charge on any atom is 0.347 e. The van der Waals surface area contributed by atoms with Crippen molar-refractivity contribution in [2.24, 2.45) is 4.99 Å². The molecule has 0 atom stereocenters. The third-order valence-electron chi connectivity index (χ3n) is 8.15. The van der Waals surface area contributed by atoms with E-state index in [1.54, 1.807) is 37.4 Å². The molecule has 1 aliphatic rings. The van der Waals surface area contributed by atoms with Crippen molar-refractivity contribution in [3.8, 4) is 6.07 Å². The molecule has 1 saturated heterocycles. The summed E-state index contributed by atoms with van der Waals surface area (Å²) in [5.74, 6) is -4.30. The Kier molecular flexibility index (Phi) is 14.5. The smallest absolute Gasteiger partial charge is 0.315 e. The number of nitriles is 1. The van der Waals surface area contributed by atoms with Crippen LogP contribution >= 0.6 is 11.8 Å². The first-order valence-electron chi connectivity index (χ1n) is 16.8. The zero-order chi connectivity index (χ0) is 38.7. The number of hydrogen-bond donors (Lipinski definition) is 2. The van der Waals surface area contributed by atoms with E-state index in [2.05, 4.69) is 10.3 Å². The van der Waals surface area contributed by atoms with Gasteiger partial charge in [0.2, 0.25) is 11.8 Å². The Balaban J connectivity index is 0.00000358. The van der Waals surface area contributed by atoms with Crippen molar-refractivity contribution in [1.29, 1.82) is 10.7 Å². The summed E-state index contributed by atoms with van der Waals surface area (Å²) in [5.41, 5.74) is 4.16. The highest BCUT2D eigenvalue weighted by atomic mass is 32.2. The molecule has 52 heavy (non-hydrogen) atoms. The van der Waals surface area contributed by atoms with Crippen molar-refractivity contribution in [2.45, 2.75) is 73.1 Å². The molecular formula is C39H43F3N6O3S. The number of aryl methyl sites for hydroxylation is 3. The molecule has 2 N–H and O–H groups in total. The molecule has 9 nitrogen and oxygen atoms in total. The number of benzene rings is 3. The van der Waals surface area contributed by atoms with E-state index in [0.717, 1.165) is 35.9 Å². The maximum atomic E-state index is 15.2. The quantitative estimate of drug-likeness (QED) is 0.190. The molecule has 1 heterocycles. The number of nitrogens with zero attached hydrogens (tertiary/aromatic N) is 4. The monoisotopic (exact) mass is 732 g/mol. The van der Waals surface area contributed by atoms with Gasteiger partial charge in [-0.05, 0) is 105 Å². The minimum absolute atomic E-state index is 0.0121. The minimum atomic E-state index is -2.82. The maximum absolute atomic E-state index is 15.2. The number of carbonyl (C=O) groups is 3. The number of urea groups is 1. The molecule has 0 aliphatic carbocycles. The van der Waals surface area contributed by atoms with Crippen molar-refractivity contribution >= 4 is 51.9 Å². The van der Waals surface area contributed by atoms with Crippen molar-refractivity contribution in [3.63, 3.8) is 0 Å². The van der Waals surface area contributed by atoms with E-state index >= 15 is 4.39 Å². The summed E-state index contributed by atoms with van der Waals surface area (Å²) in [6.07, 6.45) is 2.02. The van der Waals surface area contributed by atoms with E-state index in [0.29, 0.717) is 40.9 Å². The number of thioether (sulfide) groups is 1. The van der Waals surface area contributed by atoms with E-state index < -0.39 is 17.8 Å². The fourth-order valence-electron chi connectivity index (χ4n) is 5.25. The van der Waals surface area contributed by atoms with E-state index in [1.165, 1.54) is 28.0 Å². The molecule has 274 valence electrons. The number of halogens is 3. The highest BCUT2D eigenvalue weighted by Gasteiger charge is 2.32. The number of nitrogens with one attached hydrogen (secondary N) is 2. The van der Waals surface area contributed by atoms with Gasteiger partial charge in [-0.2, -0.15) is 10.3 Å². The standard InChI is InChI=1S/C37H37F3N6O3S.C2H6/c1-6-28(45(5)34(48)25-11-9-24(20-41)10-12-25)19-30(42)26-13-14-31(29(38)18-26)43-35(49)44-36-46(33(47)21-50-36)32-17-23(3)22(2)16-27(32)8-7-15-37(4,39)40;1-2/h9-14,16-19,42H,6-8,15,21H2,1-5H3,(H,43,49);1-2H3/b28-19+,42-30?,44-36-;. The molecule has 0 spiro atoms. The van der Waals surface area contributed by atoms with Crippen LogP contribution in [0.2, 0.25) is 0 Å². The molecule has 0 radical (unpaired) electrons. The van der Waals surface area contributed by atoms with Gasteiger partial charge in [0.25, 0.3) is 5.91 Å². The Morgan fingerprint density at radius 3 is 2.33 bits per heavy atom. The normalized spacial score (nSPS) is 13.7. The predicted molar refractivity (Wildman–Crippen MR) is 202 cm³/mol. The summed E-state index contributed by atoms with van der Waals surface area (Å²) < 4.78 is 42.2. The minimum Gasteiger partial charge on any atom is -0.315 e. The molecule has 0 bridgehead atoms. The molecule has 0 unspecified atom stereocenters. The summed E-state index contributed by atoms with van der Waals surface area (Å²) in [6, 6.07) is 14.7. The van der Waals surface area contributed by atoms with Crippen LogP contribution < -0.4 is 10.2 Å². The van der Waals surface area contributed by atoms with Crippen LogP contribution in [-0.2, 0) is 11.2 Å². The Morgan fingerprint density at radius 2 is 1.73 bits per heavy atom. The van der Waals surface area contributed by atoms with Crippen LogP contribution in [0.5, 0.6) is 0 Å². The van der Waals surface area contributed by atoms with E-state index in [1.807, 2.05) is 46.8 Å². The number of allylic oxidation sites excluding steroid dienone is 2. The van der Waals surface area contributed by atoms with E-state index in [9.17, 15) is 23.2 Å². The molecular weight excluding hydrogens is 690 g/mol. The molecule has 1 fully saturated rings. The van der Waals surface area contributed by atoms with Crippen LogP contribution in [0.15, 0.2) is 71.4 Å². The number of aliphatic imine (C=N–C) groups is 1. The fourth-order valence-corrected chi connectivity index (χ4v) is 6.11. The van der Waals surface area contributed by atoms with Gasteiger partial charge in [-0.25, -0.2) is 18.0 Å². The molecule has 3 aromatic rings. The third kappa shape index (κ3) is 10.6. The largest absolute Gasteiger partial charge is 0.347 e. The molecule has 4 amide bonds. The summed E-state index contributed by atoms with van der Waals surface area (Å²) in [7, 11) is 1.57. The Labute approximate surface area is 307 Å². The van der Waals surface area contributed by atoms with Crippen LogP contribution in [0.4, 0.5) is 29.3 Å². The van der Waals surface area contributed by atoms with Crippen LogP contribution in [0.25, 0.3) is 0 Å². The lowest BCUT2D eigenvalue weighted by atomic mass is 9.98. The fraction of sp³-hybridized carbons (Fsp3) is 0.333. The average Bonchev–Trinajstić information content (AvgIpc) is 3.47. The lowest BCUT2D eigenvalue weighted by Gasteiger charge is -2.22.